The monoisotopic (exact) mass is 231 g/mol. The third-order valence-corrected chi connectivity index (χ3v) is 2.16. The molecule has 0 heterocycles. The van der Waals surface area contributed by atoms with Crippen LogP contribution in [0.25, 0.3) is 0 Å². The lowest BCUT2D eigenvalue weighted by Gasteiger charge is -2.17. The van der Waals surface area contributed by atoms with Crippen molar-refractivity contribution in [3.8, 4) is 0 Å². The van der Waals surface area contributed by atoms with Gasteiger partial charge in [-0.25, -0.2) is 4.39 Å². The molecule has 0 atom stereocenters. The fourth-order valence-electron chi connectivity index (χ4n) is 1.16. The Kier molecular flexibility index (Phi) is 4.08. The number of nitrogens with one attached hydrogen (secondary N) is 1. The van der Waals surface area contributed by atoms with Gasteiger partial charge in [0.05, 0.1) is 10.6 Å². The summed E-state index contributed by atoms with van der Waals surface area (Å²) in [5.74, 6) is -0.414. The first-order valence-corrected chi connectivity index (χ1v) is 5.13. The van der Waals surface area contributed by atoms with E-state index < -0.39 is 11.4 Å². The van der Waals surface area contributed by atoms with Gasteiger partial charge in [-0.3, -0.25) is 0 Å². The summed E-state index contributed by atoms with van der Waals surface area (Å²) < 4.78 is 12.8. The molecule has 0 amide bonds. The van der Waals surface area contributed by atoms with Crippen molar-refractivity contribution in [3.63, 3.8) is 0 Å². The molecule has 0 unspecified atom stereocenters. The van der Waals surface area contributed by atoms with E-state index in [1.165, 1.54) is 6.07 Å². The fourth-order valence-corrected chi connectivity index (χ4v) is 1.37. The molecule has 0 aliphatic carbocycles. The molecule has 0 bridgehead atoms. The summed E-state index contributed by atoms with van der Waals surface area (Å²) in [5.41, 5.74) is 0.148. The van der Waals surface area contributed by atoms with Crippen LogP contribution >= 0.6 is 11.6 Å². The van der Waals surface area contributed by atoms with E-state index in [4.69, 9.17) is 11.6 Å². The van der Waals surface area contributed by atoms with Crippen LogP contribution in [-0.2, 0) is 6.54 Å². The molecule has 4 heteroatoms. The summed E-state index contributed by atoms with van der Waals surface area (Å²) in [6, 6.07) is 4.58. The van der Waals surface area contributed by atoms with Gasteiger partial charge in [-0.2, -0.15) is 0 Å². The topological polar surface area (TPSA) is 32.3 Å². The van der Waals surface area contributed by atoms with E-state index in [1.54, 1.807) is 26.0 Å². The number of aliphatic hydroxyl groups is 1. The summed E-state index contributed by atoms with van der Waals surface area (Å²) in [5, 5.41) is 12.6. The number of halogens is 2. The average Bonchev–Trinajstić information content (AvgIpc) is 2.09. The molecule has 0 aliphatic heterocycles. The maximum absolute atomic E-state index is 12.8. The normalized spacial score (nSPS) is 11.8. The van der Waals surface area contributed by atoms with Crippen molar-refractivity contribution >= 4 is 11.6 Å². The Labute approximate surface area is 94.1 Å². The molecule has 0 saturated carbocycles. The zero-order valence-corrected chi connectivity index (χ0v) is 9.61. The molecule has 2 nitrogen and oxygen atoms in total. The van der Waals surface area contributed by atoms with E-state index in [-0.39, 0.29) is 5.02 Å². The molecule has 0 spiro atoms. The molecule has 15 heavy (non-hydrogen) atoms. The van der Waals surface area contributed by atoms with Gasteiger partial charge in [-0.15, -0.1) is 0 Å². The van der Waals surface area contributed by atoms with Crippen molar-refractivity contribution in [2.45, 2.75) is 26.0 Å². The van der Waals surface area contributed by atoms with Crippen molar-refractivity contribution in [1.82, 2.24) is 5.32 Å². The van der Waals surface area contributed by atoms with Crippen molar-refractivity contribution in [3.05, 3.63) is 34.6 Å². The first-order chi connectivity index (χ1) is 6.88. The lowest BCUT2D eigenvalue weighted by atomic mass is 10.1. The first kappa shape index (κ1) is 12.4. The molecule has 1 aromatic carbocycles. The van der Waals surface area contributed by atoms with E-state index in [1.807, 2.05) is 0 Å². The minimum absolute atomic E-state index is 0.123. The van der Waals surface area contributed by atoms with Gasteiger partial charge in [0.2, 0.25) is 0 Å². The number of hydrogen-bond donors (Lipinski definition) is 2. The van der Waals surface area contributed by atoms with Crippen LogP contribution in [0.2, 0.25) is 5.02 Å². The van der Waals surface area contributed by atoms with Crippen LogP contribution in [0.5, 0.6) is 0 Å². The predicted molar refractivity (Wildman–Crippen MR) is 59.4 cm³/mol. The second-order valence-corrected chi connectivity index (χ2v) is 4.57. The Hall–Kier alpha value is -0.640. The van der Waals surface area contributed by atoms with Crippen molar-refractivity contribution in [2.24, 2.45) is 0 Å². The molecule has 0 radical (unpaired) electrons. The molecule has 0 fully saturated rings. The van der Waals surface area contributed by atoms with Crippen molar-refractivity contribution in [1.29, 1.82) is 0 Å². The summed E-state index contributed by atoms with van der Waals surface area (Å²) in [6.45, 7) is 4.47. The molecule has 84 valence electrons. The van der Waals surface area contributed by atoms with Gasteiger partial charge in [0.1, 0.15) is 5.82 Å². The van der Waals surface area contributed by atoms with E-state index in [9.17, 15) is 9.50 Å². The summed E-state index contributed by atoms with van der Waals surface area (Å²) in [6.07, 6.45) is 0. The average molecular weight is 232 g/mol. The maximum Gasteiger partial charge on any atom is 0.141 e. The Balaban J connectivity index is 2.48. The van der Waals surface area contributed by atoms with Gasteiger partial charge >= 0.3 is 0 Å². The smallest absolute Gasteiger partial charge is 0.141 e. The van der Waals surface area contributed by atoms with Crippen LogP contribution in [0, 0.1) is 5.82 Å². The number of hydrogen-bond acceptors (Lipinski definition) is 2. The summed E-state index contributed by atoms with van der Waals surface area (Å²) in [4.78, 5) is 0. The minimum Gasteiger partial charge on any atom is -0.389 e. The molecule has 2 N–H and O–H groups in total. The second kappa shape index (κ2) is 4.92. The van der Waals surface area contributed by atoms with Gasteiger partial charge in [-0.1, -0.05) is 17.7 Å². The fraction of sp³-hybridized carbons (Fsp3) is 0.455. The molecule has 1 rings (SSSR count). The van der Waals surface area contributed by atoms with Gasteiger partial charge in [0.15, 0.2) is 0 Å². The van der Waals surface area contributed by atoms with Crippen LogP contribution < -0.4 is 5.32 Å². The van der Waals surface area contributed by atoms with Gasteiger partial charge in [0, 0.05) is 13.1 Å². The van der Waals surface area contributed by atoms with Gasteiger partial charge in [-0.05, 0) is 31.5 Å². The molecule has 0 aromatic heterocycles. The molecular weight excluding hydrogens is 217 g/mol. The van der Waals surface area contributed by atoms with Crippen LogP contribution in [0.4, 0.5) is 4.39 Å². The molecular formula is C11H15ClFNO. The third-order valence-electron chi connectivity index (χ3n) is 1.87. The largest absolute Gasteiger partial charge is 0.389 e. The highest BCUT2D eigenvalue weighted by molar-refractivity contribution is 6.30. The summed E-state index contributed by atoms with van der Waals surface area (Å²) in [7, 11) is 0. The Morgan fingerprint density at radius 1 is 1.47 bits per heavy atom. The van der Waals surface area contributed by atoms with Gasteiger partial charge < -0.3 is 10.4 Å². The van der Waals surface area contributed by atoms with E-state index in [0.717, 1.165) is 5.56 Å². The zero-order valence-electron chi connectivity index (χ0n) is 8.85. The van der Waals surface area contributed by atoms with Crippen molar-refractivity contribution < 1.29 is 9.50 Å². The highest BCUT2D eigenvalue weighted by atomic mass is 35.5. The molecule has 1 aromatic rings. The zero-order chi connectivity index (χ0) is 11.5. The maximum atomic E-state index is 12.8. The van der Waals surface area contributed by atoms with Crippen LogP contribution in [0.3, 0.4) is 0 Å². The lowest BCUT2D eigenvalue weighted by Crippen LogP contribution is -2.34. The van der Waals surface area contributed by atoms with Crippen LogP contribution in [0.1, 0.15) is 19.4 Å². The quantitative estimate of drug-likeness (QED) is 0.834. The highest BCUT2D eigenvalue weighted by Crippen LogP contribution is 2.15. The Bertz CT molecular complexity index is 336. The van der Waals surface area contributed by atoms with Crippen LogP contribution in [-0.4, -0.2) is 17.3 Å². The SMILES string of the molecule is CC(C)(O)CNCc1ccc(F)c(Cl)c1. The minimum atomic E-state index is -0.746. The Morgan fingerprint density at radius 3 is 2.67 bits per heavy atom. The first-order valence-electron chi connectivity index (χ1n) is 4.75. The van der Waals surface area contributed by atoms with E-state index in [2.05, 4.69) is 5.32 Å². The lowest BCUT2D eigenvalue weighted by molar-refractivity contribution is 0.0795. The van der Waals surface area contributed by atoms with E-state index >= 15 is 0 Å². The second-order valence-electron chi connectivity index (χ2n) is 4.16. The predicted octanol–water partition coefficient (Wildman–Crippen LogP) is 2.34. The number of benzene rings is 1. The highest BCUT2D eigenvalue weighted by Gasteiger charge is 2.11. The third kappa shape index (κ3) is 4.60. The van der Waals surface area contributed by atoms with Crippen LogP contribution in [0.15, 0.2) is 18.2 Å². The van der Waals surface area contributed by atoms with Crippen molar-refractivity contribution in [2.75, 3.05) is 6.54 Å². The van der Waals surface area contributed by atoms with E-state index in [0.29, 0.717) is 13.1 Å². The standard InChI is InChI=1S/C11H15ClFNO/c1-11(2,15)7-14-6-8-3-4-10(13)9(12)5-8/h3-5,14-15H,6-7H2,1-2H3. The van der Waals surface area contributed by atoms with Gasteiger partial charge in [0.25, 0.3) is 0 Å². The number of rotatable bonds is 4. The summed E-state index contributed by atoms with van der Waals surface area (Å²) >= 11 is 5.63. The molecule has 0 aliphatic rings. The molecule has 0 saturated heterocycles. The Morgan fingerprint density at radius 2 is 2.13 bits per heavy atom.